The molecule has 242 valence electrons. The van der Waals surface area contributed by atoms with Crippen LogP contribution in [0.4, 0.5) is 0 Å². The summed E-state index contributed by atoms with van der Waals surface area (Å²) >= 11 is 0. The van der Waals surface area contributed by atoms with Crippen LogP contribution < -0.4 is 9.47 Å². The molecule has 0 aliphatic carbocycles. The molecule has 4 aromatic carbocycles. The van der Waals surface area contributed by atoms with E-state index in [-0.39, 0.29) is 0 Å². The highest BCUT2D eigenvalue weighted by atomic mass is 16.5. The van der Waals surface area contributed by atoms with Crippen LogP contribution >= 0.6 is 0 Å². The summed E-state index contributed by atoms with van der Waals surface area (Å²) < 4.78 is 11.8. The lowest BCUT2D eigenvalue weighted by molar-refractivity contribution is 0.304. The molecule has 46 heavy (non-hydrogen) atoms. The van der Waals surface area contributed by atoms with E-state index in [0.29, 0.717) is 0 Å². The molecular weight excluding hydrogens is 560 g/mol. The van der Waals surface area contributed by atoms with Crippen molar-refractivity contribution in [3.05, 3.63) is 119 Å². The number of hydrogen-bond donors (Lipinski definition) is 0. The van der Waals surface area contributed by atoms with Gasteiger partial charge in [-0.25, -0.2) is 0 Å². The standard InChI is InChI=1S/C44H54O2/c1-3-5-7-9-11-13-35-45-43-31-23-39(24-32-43)17-15-37-19-27-41(28-20-37)42-29-21-38(22-30-42)16-18-40-25-33-44(34-26-40)46-36-14-12-10-8-6-4-2/h15-34H,3-14,35-36H2,1-2H3. The molecule has 2 heteroatoms. The van der Waals surface area contributed by atoms with Gasteiger partial charge in [0.1, 0.15) is 11.5 Å². The van der Waals surface area contributed by atoms with Gasteiger partial charge in [-0.2, -0.15) is 0 Å². The predicted molar refractivity (Wildman–Crippen MR) is 200 cm³/mol. The lowest BCUT2D eigenvalue weighted by Crippen LogP contribution is -1.97. The van der Waals surface area contributed by atoms with Crippen LogP contribution in [0.25, 0.3) is 35.4 Å². The number of hydrogen-bond acceptors (Lipinski definition) is 2. The van der Waals surface area contributed by atoms with Crippen LogP contribution in [-0.4, -0.2) is 13.2 Å². The van der Waals surface area contributed by atoms with E-state index in [2.05, 4.69) is 135 Å². The van der Waals surface area contributed by atoms with Crippen molar-refractivity contribution in [2.45, 2.75) is 90.9 Å². The molecule has 0 N–H and O–H groups in total. The van der Waals surface area contributed by atoms with E-state index >= 15 is 0 Å². The highest BCUT2D eigenvalue weighted by Crippen LogP contribution is 2.23. The molecule has 0 unspecified atom stereocenters. The van der Waals surface area contributed by atoms with Gasteiger partial charge in [0.05, 0.1) is 13.2 Å². The number of unbranched alkanes of at least 4 members (excludes halogenated alkanes) is 10. The average Bonchev–Trinajstić information content (AvgIpc) is 3.10. The molecule has 0 aromatic heterocycles. The lowest BCUT2D eigenvalue weighted by atomic mass is 10.0. The van der Waals surface area contributed by atoms with Crippen LogP contribution in [0.2, 0.25) is 0 Å². The fraction of sp³-hybridized carbons (Fsp3) is 0.364. The smallest absolute Gasteiger partial charge is 0.119 e. The Hall–Kier alpha value is -4.04. The highest BCUT2D eigenvalue weighted by Gasteiger charge is 2.00. The van der Waals surface area contributed by atoms with Crippen molar-refractivity contribution < 1.29 is 9.47 Å². The Labute approximate surface area is 279 Å². The molecule has 0 amide bonds. The highest BCUT2D eigenvalue weighted by molar-refractivity contribution is 5.74. The normalized spacial score (nSPS) is 11.4. The Bertz CT molecular complexity index is 1300. The molecule has 0 aliphatic heterocycles. The third-order valence-corrected chi connectivity index (χ3v) is 8.38. The molecule has 0 saturated carbocycles. The molecule has 0 saturated heterocycles. The zero-order chi connectivity index (χ0) is 32.1. The Balaban J connectivity index is 1.18. The van der Waals surface area contributed by atoms with Gasteiger partial charge in [-0.3, -0.25) is 0 Å². The van der Waals surface area contributed by atoms with E-state index in [1.807, 2.05) is 0 Å². The minimum absolute atomic E-state index is 0.803. The summed E-state index contributed by atoms with van der Waals surface area (Å²) in [5.74, 6) is 1.91. The van der Waals surface area contributed by atoms with Crippen molar-refractivity contribution in [1.82, 2.24) is 0 Å². The van der Waals surface area contributed by atoms with Crippen LogP contribution in [0, 0.1) is 0 Å². The average molecular weight is 615 g/mol. The second kappa shape index (κ2) is 20.9. The van der Waals surface area contributed by atoms with E-state index < -0.39 is 0 Å². The minimum atomic E-state index is 0.803. The molecule has 0 radical (unpaired) electrons. The number of benzene rings is 4. The fourth-order valence-corrected chi connectivity index (χ4v) is 5.45. The van der Waals surface area contributed by atoms with E-state index in [1.54, 1.807) is 0 Å². The largest absolute Gasteiger partial charge is 0.494 e. The zero-order valence-corrected chi connectivity index (χ0v) is 28.3. The topological polar surface area (TPSA) is 18.5 Å². The summed E-state index contributed by atoms with van der Waals surface area (Å²) in [5, 5.41) is 0. The number of ether oxygens (including phenoxy) is 2. The Morgan fingerprint density at radius 3 is 0.957 bits per heavy atom. The predicted octanol–water partition coefficient (Wildman–Crippen LogP) is 13.2. The molecule has 4 rings (SSSR count). The van der Waals surface area contributed by atoms with Crippen molar-refractivity contribution in [3.63, 3.8) is 0 Å². The molecule has 0 spiro atoms. The molecule has 4 aromatic rings. The maximum Gasteiger partial charge on any atom is 0.119 e. The van der Waals surface area contributed by atoms with Gasteiger partial charge in [0.15, 0.2) is 0 Å². The second-order valence-corrected chi connectivity index (χ2v) is 12.3. The van der Waals surface area contributed by atoms with Gasteiger partial charge in [0, 0.05) is 0 Å². The quantitative estimate of drug-likeness (QED) is 0.0686. The van der Waals surface area contributed by atoms with Gasteiger partial charge in [-0.15, -0.1) is 0 Å². The molecule has 0 atom stereocenters. The summed E-state index contributed by atoms with van der Waals surface area (Å²) in [6.07, 6.45) is 24.0. The zero-order valence-electron chi connectivity index (χ0n) is 28.3. The van der Waals surface area contributed by atoms with Gasteiger partial charge >= 0.3 is 0 Å². The van der Waals surface area contributed by atoms with Crippen LogP contribution in [0.1, 0.15) is 113 Å². The SMILES string of the molecule is CCCCCCCCOc1ccc(C=Cc2ccc(-c3ccc(C=Cc4ccc(OCCCCCCCC)cc4)cc3)cc2)cc1. The van der Waals surface area contributed by atoms with Gasteiger partial charge < -0.3 is 9.47 Å². The molecular formula is C44H54O2. The Morgan fingerprint density at radius 1 is 0.348 bits per heavy atom. The molecule has 0 fully saturated rings. The van der Waals surface area contributed by atoms with E-state index in [9.17, 15) is 0 Å². The Morgan fingerprint density at radius 2 is 0.630 bits per heavy atom. The molecule has 0 heterocycles. The van der Waals surface area contributed by atoms with Crippen molar-refractivity contribution in [1.29, 1.82) is 0 Å². The third-order valence-electron chi connectivity index (χ3n) is 8.38. The van der Waals surface area contributed by atoms with E-state index in [0.717, 1.165) is 37.6 Å². The van der Waals surface area contributed by atoms with Crippen molar-refractivity contribution in [2.24, 2.45) is 0 Å². The minimum Gasteiger partial charge on any atom is -0.494 e. The first-order chi connectivity index (χ1) is 22.7. The van der Waals surface area contributed by atoms with Crippen LogP contribution in [0.15, 0.2) is 97.1 Å². The first-order valence-corrected chi connectivity index (χ1v) is 17.8. The summed E-state index contributed by atoms with van der Waals surface area (Å²) in [6.45, 7) is 6.12. The fourth-order valence-electron chi connectivity index (χ4n) is 5.45. The third kappa shape index (κ3) is 13.1. The first-order valence-electron chi connectivity index (χ1n) is 17.8. The maximum absolute atomic E-state index is 5.92. The maximum atomic E-state index is 5.92. The van der Waals surface area contributed by atoms with Crippen LogP contribution in [0.3, 0.4) is 0 Å². The summed E-state index contributed by atoms with van der Waals surface area (Å²) in [5.41, 5.74) is 7.16. The molecule has 2 nitrogen and oxygen atoms in total. The molecule has 0 aliphatic rings. The first kappa shape index (κ1) is 34.8. The number of rotatable bonds is 21. The van der Waals surface area contributed by atoms with Crippen molar-refractivity contribution in [2.75, 3.05) is 13.2 Å². The van der Waals surface area contributed by atoms with E-state index in [1.165, 1.54) is 97.6 Å². The van der Waals surface area contributed by atoms with Crippen molar-refractivity contribution in [3.8, 4) is 22.6 Å². The van der Waals surface area contributed by atoms with Crippen LogP contribution in [-0.2, 0) is 0 Å². The van der Waals surface area contributed by atoms with Gasteiger partial charge in [-0.1, -0.05) is 175 Å². The van der Waals surface area contributed by atoms with Gasteiger partial charge in [0.2, 0.25) is 0 Å². The summed E-state index contributed by atoms with van der Waals surface area (Å²) in [7, 11) is 0. The summed E-state index contributed by atoms with van der Waals surface area (Å²) in [6, 6.07) is 34.3. The van der Waals surface area contributed by atoms with Crippen molar-refractivity contribution >= 4 is 24.3 Å². The second-order valence-electron chi connectivity index (χ2n) is 12.3. The monoisotopic (exact) mass is 614 g/mol. The Kier molecular flexibility index (Phi) is 15.8. The summed E-state index contributed by atoms with van der Waals surface area (Å²) in [4.78, 5) is 0. The van der Waals surface area contributed by atoms with Crippen LogP contribution in [0.5, 0.6) is 11.5 Å². The van der Waals surface area contributed by atoms with Gasteiger partial charge in [0.25, 0.3) is 0 Å². The molecule has 0 bridgehead atoms. The van der Waals surface area contributed by atoms with Gasteiger partial charge in [-0.05, 0) is 70.5 Å². The lowest BCUT2D eigenvalue weighted by Gasteiger charge is -2.06. The van der Waals surface area contributed by atoms with E-state index in [4.69, 9.17) is 9.47 Å².